The van der Waals surface area contributed by atoms with Gasteiger partial charge in [0, 0.05) is 13.0 Å². The molecule has 0 bridgehead atoms. The molecule has 88 valence electrons. The molecule has 1 saturated heterocycles. The molecule has 2 N–H and O–H groups in total. The van der Waals surface area contributed by atoms with E-state index in [4.69, 9.17) is 9.47 Å². The van der Waals surface area contributed by atoms with Gasteiger partial charge in [-0.3, -0.25) is 4.79 Å². The van der Waals surface area contributed by atoms with E-state index >= 15 is 0 Å². The van der Waals surface area contributed by atoms with Gasteiger partial charge in [-0.05, 0) is 20.0 Å². The number of rotatable bonds is 6. The van der Waals surface area contributed by atoms with Gasteiger partial charge in [-0.15, -0.1) is 0 Å². The van der Waals surface area contributed by atoms with E-state index in [1.54, 1.807) is 0 Å². The Balaban J connectivity index is 2.00. The zero-order chi connectivity index (χ0) is 10.9. The summed E-state index contributed by atoms with van der Waals surface area (Å²) in [5.41, 5.74) is 0. The maximum atomic E-state index is 11.3. The van der Waals surface area contributed by atoms with Crippen LogP contribution in [0.3, 0.4) is 0 Å². The Morgan fingerprint density at radius 2 is 2.33 bits per heavy atom. The molecule has 0 saturated carbocycles. The molecule has 0 aromatic heterocycles. The lowest BCUT2D eigenvalue weighted by Crippen LogP contribution is -2.39. The van der Waals surface area contributed by atoms with Crippen LogP contribution in [0.4, 0.5) is 0 Å². The molecule has 1 unspecified atom stereocenters. The topological polar surface area (TPSA) is 59.6 Å². The molecule has 1 amide bonds. The molecule has 15 heavy (non-hydrogen) atoms. The number of hydrogen-bond donors (Lipinski definition) is 2. The average Bonchev–Trinajstić information content (AvgIpc) is 2.28. The van der Waals surface area contributed by atoms with Gasteiger partial charge in [-0.25, -0.2) is 0 Å². The Morgan fingerprint density at radius 3 is 3.00 bits per heavy atom. The Bertz CT molecular complexity index is 182. The van der Waals surface area contributed by atoms with Crippen molar-refractivity contribution >= 4 is 5.91 Å². The third-order valence-electron chi connectivity index (χ3n) is 2.24. The van der Waals surface area contributed by atoms with Crippen LogP contribution < -0.4 is 10.6 Å². The summed E-state index contributed by atoms with van der Waals surface area (Å²) in [5.74, 6) is 0.0828. The standard InChI is InChI=1S/C10H20N2O3/c1-11-4-2-3-10(13)12-7-9-8-14-5-6-15-9/h9,11H,2-8H2,1H3,(H,12,13). The first-order valence-corrected chi connectivity index (χ1v) is 5.43. The Labute approximate surface area is 90.5 Å². The van der Waals surface area contributed by atoms with E-state index in [9.17, 15) is 4.79 Å². The minimum absolute atomic E-state index is 0.0204. The summed E-state index contributed by atoms with van der Waals surface area (Å²) in [6, 6.07) is 0. The normalized spacial score (nSPS) is 21.3. The van der Waals surface area contributed by atoms with Crippen LogP contribution in [0.15, 0.2) is 0 Å². The monoisotopic (exact) mass is 216 g/mol. The van der Waals surface area contributed by atoms with Crippen LogP contribution in [-0.2, 0) is 14.3 Å². The summed E-state index contributed by atoms with van der Waals surface area (Å²) in [4.78, 5) is 11.3. The van der Waals surface area contributed by atoms with E-state index in [0.717, 1.165) is 13.0 Å². The summed E-state index contributed by atoms with van der Waals surface area (Å²) in [6.45, 7) is 3.29. The lowest BCUT2D eigenvalue weighted by atomic mass is 10.3. The molecule has 5 heteroatoms. The third kappa shape index (κ3) is 5.71. The van der Waals surface area contributed by atoms with Crippen LogP contribution in [0.1, 0.15) is 12.8 Å². The van der Waals surface area contributed by atoms with Crippen molar-refractivity contribution in [2.45, 2.75) is 18.9 Å². The second kappa shape index (κ2) is 7.62. The van der Waals surface area contributed by atoms with Crippen LogP contribution in [-0.4, -0.2) is 52.0 Å². The lowest BCUT2D eigenvalue weighted by molar-refractivity contribution is -0.124. The summed E-state index contributed by atoms with van der Waals surface area (Å²) in [6.07, 6.45) is 1.45. The van der Waals surface area contributed by atoms with Crippen molar-refractivity contribution in [2.24, 2.45) is 0 Å². The molecular formula is C10H20N2O3. The number of ether oxygens (including phenoxy) is 2. The average molecular weight is 216 g/mol. The lowest BCUT2D eigenvalue weighted by Gasteiger charge is -2.23. The fraction of sp³-hybridized carbons (Fsp3) is 0.900. The van der Waals surface area contributed by atoms with Gasteiger partial charge in [0.1, 0.15) is 0 Å². The van der Waals surface area contributed by atoms with Gasteiger partial charge in [0.15, 0.2) is 0 Å². The molecule has 5 nitrogen and oxygen atoms in total. The maximum Gasteiger partial charge on any atom is 0.220 e. The van der Waals surface area contributed by atoms with Crippen LogP contribution in [0.5, 0.6) is 0 Å². The molecule has 0 spiro atoms. The Kier molecular flexibility index (Phi) is 6.31. The van der Waals surface area contributed by atoms with E-state index in [-0.39, 0.29) is 12.0 Å². The van der Waals surface area contributed by atoms with Crippen molar-refractivity contribution in [2.75, 3.05) is 40.0 Å². The van der Waals surface area contributed by atoms with Crippen molar-refractivity contribution in [3.63, 3.8) is 0 Å². The first-order chi connectivity index (χ1) is 7.33. The van der Waals surface area contributed by atoms with Gasteiger partial charge in [-0.1, -0.05) is 0 Å². The van der Waals surface area contributed by atoms with Crippen LogP contribution in [0, 0.1) is 0 Å². The fourth-order valence-electron chi connectivity index (χ4n) is 1.40. The molecule has 0 aromatic carbocycles. The number of nitrogens with one attached hydrogen (secondary N) is 2. The first-order valence-electron chi connectivity index (χ1n) is 5.43. The van der Waals surface area contributed by atoms with Gasteiger partial charge in [0.05, 0.1) is 25.9 Å². The molecule has 1 rings (SSSR count). The van der Waals surface area contributed by atoms with Gasteiger partial charge in [0.25, 0.3) is 0 Å². The maximum absolute atomic E-state index is 11.3. The third-order valence-corrected chi connectivity index (χ3v) is 2.24. The minimum atomic E-state index is 0.0204. The highest BCUT2D eigenvalue weighted by molar-refractivity contribution is 5.75. The van der Waals surface area contributed by atoms with Gasteiger partial charge >= 0.3 is 0 Å². The second-order valence-electron chi connectivity index (χ2n) is 3.58. The highest BCUT2D eigenvalue weighted by Gasteiger charge is 2.14. The molecular weight excluding hydrogens is 196 g/mol. The van der Waals surface area contributed by atoms with Crippen LogP contribution in [0.25, 0.3) is 0 Å². The minimum Gasteiger partial charge on any atom is -0.376 e. The van der Waals surface area contributed by atoms with E-state index < -0.39 is 0 Å². The summed E-state index contributed by atoms with van der Waals surface area (Å²) >= 11 is 0. The van der Waals surface area contributed by atoms with E-state index in [1.165, 1.54) is 0 Å². The molecule has 1 atom stereocenters. The predicted octanol–water partition coefficient (Wildman–Crippen LogP) is -0.482. The van der Waals surface area contributed by atoms with Crippen molar-refractivity contribution < 1.29 is 14.3 Å². The van der Waals surface area contributed by atoms with Crippen molar-refractivity contribution in [3.8, 4) is 0 Å². The highest BCUT2D eigenvalue weighted by Crippen LogP contribution is 1.99. The van der Waals surface area contributed by atoms with Crippen LogP contribution in [0.2, 0.25) is 0 Å². The van der Waals surface area contributed by atoms with Crippen molar-refractivity contribution in [1.82, 2.24) is 10.6 Å². The summed E-state index contributed by atoms with van der Waals surface area (Å²) in [5, 5.41) is 5.84. The Hall–Kier alpha value is -0.650. The molecule has 1 fully saturated rings. The summed E-state index contributed by atoms with van der Waals surface area (Å²) in [7, 11) is 1.88. The summed E-state index contributed by atoms with van der Waals surface area (Å²) < 4.78 is 10.6. The predicted molar refractivity (Wildman–Crippen MR) is 56.7 cm³/mol. The molecule has 0 aliphatic carbocycles. The first kappa shape index (κ1) is 12.4. The largest absolute Gasteiger partial charge is 0.376 e. The van der Waals surface area contributed by atoms with Gasteiger partial charge in [-0.2, -0.15) is 0 Å². The van der Waals surface area contributed by atoms with Gasteiger partial charge in [0.2, 0.25) is 5.91 Å². The number of carbonyl (C=O) groups is 1. The quantitative estimate of drug-likeness (QED) is 0.589. The van der Waals surface area contributed by atoms with E-state index in [1.807, 2.05) is 7.05 Å². The molecule has 1 aliphatic heterocycles. The molecule has 0 radical (unpaired) electrons. The number of hydrogen-bond acceptors (Lipinski definition) is 4. The van der Waals surface area contributed by atoms with E-state index in [0.29, 0.717) is 32.8 Å². The smallest absolute Gasteiger partial charge is 0.220 e. The van der Waals surface area contributed by atoms with Crippen LogP contribution >= 0.6 is 0 Å². The van der Waals surface area contributed by atoms with Gasteiger partial charge < -0.3 is 20.1 Å². The molecule has 1 aliphatic rings. The van der Waals surface area contributed by atoms with Crippen molar-refractivity contribution in [1.29, 1.82) is 0 Å². The highest BCUT2D eigenvalue weighted by atomic mass is 16.6. The second-order valence-corrected chi connectivity index (χ2v) is 3.58. The van der Waals surface area contributed by atoms with E-state index in [2.05, 4.69) is 10.6 Å². The molecule has 1 heterocycles. The number of carbonyl (C=O) groups excluding carboxylic acids is 1. The fourth-order valence-corrected chi connectivity index (χ4v) is 1.40. The zero-order valence-electron chi connectivity index (χ0n) is 9.25. The zero-order valence-corrected chi connectivity index (χ0v) is 9.25. The SMILES string of the molecule is CNCCCC(=O)NCC1COCCO1. The van der Waals surface area contributed by atoms with Crippen molar-refractivity contribution in [3.05, 3.63) is 0 Å². The number of amides is 1. The Morgan fingerprint density at radius 1 is 1.47 bits per heavy atom. The molecule has 0 aromatic rings.